The van der Waals surface area contributed by atoms with Gasteiger partial charge in [0.15, 0.2) is 0 Å². The molecule has 1 saturated heterocycles. The van der Waals surface area contributed by atoms with E-state index in [4.69, 9.17) is 18.1 Å². The van der Waals surface area contributed by atoms with Gasteiger partial charge in [-0.2, -0.15) is 0 Å². The van der Waals surface area contributed by atoms with Crippen LogP contribution < -0.4 is 5.46 Å². The number of hydrogen-bond donors (Lipinski definition) is 0. The lowest BCUT2D eigenvalue weighted by Crippen LogP contribution is -2.41. The second kappa shape index (κ2) is 8.59. The van der Waals surface area contributed by atoms with Crippen LogP contribution in [0.25, 0.3) is 66.1 Å². The smallest absolute Gasteiger partial charge is 0.456 e. The molecule has 5 heteroatoms. The highest BCUT2D eigenvalue weighted by molar-refractivity contribution is 6.62. The monoisotopic (exact) mass is 536 g/mol. The summed E-state index contributed by atoms with van der Waals surface area (Å²) in [5, 5.41) is 4.44. The van der Waals surface area contributed by atoms with E-state index in [1.807, 2.05) is 24.3 Å². The van der Waals surface area contributed by atoms with Crippen LogP contribution in [0.4, 0.5) is 0 Å². The number of para-hydroxylation sites is 2. The Morgan fingerprint density at radius 3 is 1.37 bits per heavy atom. The van der Waals surface area contributed by atoms with Crippen LogP contribution in [-0.2, 0) is 9.31 Å². The highest BCUT2D eigenvalue weighted by atomic mass is 16.7. The highest BCUT2D eigenvalue weighted by Crippen LogP contribution is 2.39. The second-order valence-corrected chi connectivity index (χ2v) is 12.1. The lowest BCUT2D eigenvalue weighted by atomic mass is 9.76. The number of benzene rings is 5. The minimum atomic E-state index is -0.476. The standard InChI is InChI=1S/C36H29BO4/c1-35(2)36(3,4)41-37(40-35)26-18-24(22-13-15-33-29(20-22)27-9-5-7-11-31(27)38-33)17-25(19-26)23-14-16-34-30(21-23)28-10-6-8-12-32(28)39-34/h5-21H,1-4H3. The van der Waals surface area contributed by atoms with Crippen LogP contribution in [0.3, 0.4) is 0 Å². The van der Waals surface area contributed by atoms with E-state index in [0.717, 1.165) is 71.6 Å². The molecule has 1 aliphatic heterocycles. The molecule has 0 bridgehead atoms. The van der Waals surface area contributed by atoms with Crippen LogP contribution in [-0.4, -0.2) is 18.3 Å². The lowest BCUT2D eigenvalue weighted by molar-refractivity contribution is 0.00578. The molecule has 0 spiro atoms. The molecule has 0 saturated carbocycles. The minimum Gasteiger partial charge on any atom is -0.456 e. The van der Waals surface area contributed by atoms with Crippen molar-refractivity contribution in [1.82, 2.24) is 0 Å². The van der Waals surface area contributed by atoms with Crippen LogP contribution in [0.1, 0.15) is 27.7 Å². The predicted molar refractivity (Wildman–Crippen MR) is 168 cm³/mol. The molecule has 2 aromatic heterocycles. The van der Waals surface area contributed by atoms with E-state index in [0.29, 0.717) is 0 Å². The maximum atomic E-state index is 6.51. The van der Waals surface area contributed by atoms with Crippen molar-refractivity contribution in [3.8, 4) is 22.3 Å². The van der Waals surface area contributed by atoms with Gasteiger partial charge < -0.3 is 18.1 Å². The molecule has 200 valence electrons. The largest absolute Gasteiger partial charge is 0.494 e. The summed E-state index contributed by atoms with van der Waals surface area (Å²) in [6.07, 6.45) is 0. The average molecular weight is 536 g/mol. The van der Waals surface area contributed by atoms with Crippen molar-refractivity contribution in [1.29, 1.82) is 0 Å². The molecule has 1 aliphatic rings. The Balaban J connectivity index is 1.32. The molecule has 1 fully saturated rings. The van der Waals surface area contributed by atoms with E-state index in [1.54, 1.807) is 0 Å². The molecule has 8 rings (SSSR count). The van der Waals surface area contributed by atoms with Gasteiger partial charge in [-0.25, -0.2) is 0 Å². The first-order valence-electron chi connectivity index (χ1n) is 14.1. The van der Waals surface area contributed by atoms with E-state index in [1.165, 1.54) is 0 Å². The topological polar surface area (TPSA) is 44.7 Å². The van der Waals surface area contributed by atoms with Gasteiger partial charge in [0.1, 0.15) is 22.3 Å². The number of fused-ring (bicyclic) bond motifs is 6. The molecule has 5 aromatic carbocycles. The van der Waals surface area contributed by atoms with Crippen LogP contribution in [0.2, 0.25) is 0 Å². The normalized spacial score (nSPS) is 16.4. The zero-order valence-electron chi connectivity index (χ0n) is 23.5. The molecule has 0 unspecified atom stereocenters. The third-order valence-electron chi connectivity index (χ3n) is 8.90. The van der Waals surface area contributed by atoms with Crippen molar-refractivity contribution in [2.45, 2.75) is 38.9 Å². The van der Waals surface area contributed by atoms with Crippen LogP contribution in [0.5, 0.6) is 0 Å². The molecule has 7 aromatic rings. The van der Waals surface area contributed by atoms with E-state index in [9.17, 15) is 0 Å². The Kier molecular flexibility index (Phi) is 5.13. The Hall–Kier alpha value is -4.32. The van der Waals surface area contributed by atoms with E-state index in [-0.39, 0.29) is 0 Å². The van der Waals surface area contributed by atoms with Crippen molar-refractivity contribution in [3.63, 3.8) is 0 Å². The summed E-state index contributed by atoms with van der Waals surface area (Å²) in [6, 6.07) is 35.9. The third kappa shape index (κ3) is 3.84. The molecular weight excluding hydrogens is 507 g/mol. The summed E-state index contributed by atoms with van der Waals surface area (Å²) in [5.41, 5.74) is 8.09. The number of furan rings is 2. The predicted octanol–water partition coefficient (Wildman–Crippen LogP) is 9.12. The summed E-state index contributed by atoms with van der Waals surface area (Å²) in [4.78, 5) is 0. The summed E-state index contributed by atoms with van der Waals surface area (Å²) in [6.45, 7) is 8.36. The number of rotatable bonds is 3. The van der Waals surface area contributed by atoms with Gasteiger partial charge in [0.25, 0.3) is 0 Å². The fourth-order valence-electron chi connectivity index (χ4n) is 5.91. The quantitative estimate of drug-likeness (QED) is 0.211. The van der Waals surface area contributed by atoms with Crippen LogP contribution in [0, 0.1) is 0 Å². The van der Waals surface area contributed by atoms with Crippen molar-refractivity contribution in [2.75, 3.05) is 0 Å². The zero-order valence-corrected chi connectivity index (χ0v) is 23.5. The van der Waals surface area contributed by atoms with Crippen molar-refractivity contribution in [3.05, 3.63) is 103 Å². The maximum Gasteiger partial charge on any atom is 0.494 e. The van der Waals surface area contributed by atoms with Crippen molar-refractivity contribution >= 4 is 56.5 Å². The molecule has 41 heavy (non-hydrogen) atoms. The molecule has 0 N–H and O–H groups in total. The van der Waals surface area contributed by atoms with Gasteiger partial charge in [0, 0.05) is 21.5 Å². The fourth-order valence-corrected chi connectivity index (χ4v) is 5.91. The van der Waals surface area contributed by atoms with E-state index < -0.39 is 18.3 Å². The second-order valence-electron chi connectivity index (χ2n) is 12.1. The Bertz CT molecular complexity index is 1980. The first kappa shape index (κ1) is 24.5. The molecule has 0 amide bonds. The Labute approximate surface area is 238 Å². The Morgan fingerprint density at radius 1 is 0.439 bits per heavy atom. The summed E-state index contributed by atoms with van der Waals surface area (Å²) < 4.78 is 25.2. The van der Waals surface area contributed by atoms with Crippen LogP contribution >= 0.6 is 0 Å². The molecule has 0 aliphatic carbocycles. The van der Waals surface area contributed by atoms with Gasteiger partial charge in [-0.3, -0.25) is 0 Å². The summed E-state index contributed by atoms with van der Waals surface area (Å²) in [5.74, 6) is 0. The lowest BCUT2D eigenvalue weighted by Gasteiger charge is -2.32. The summed E-state index contributed by atoms with van der Waals surface area (Å²) in [7, 11) is -0.476. The van der Waals surface area contributed by atoms with Crippen molar-refractivity contribution in [2.24, 2.45) is 0 Å². The molecule has 0 radical (unpaired) electrons. The van der Waals surface area contributed by atoms with Gasteiger partial charge in [0.05, 0.1) is 11.2 Å². The average Bonchev–Trinajstić information content (AvgIpc) is 3.60. The maximum absolute atomic E-state index is 6.51. The van der Waals surface area contributed by atoms with Gasteiger partial charge >= 0.3 is 7.12 Å². The number of hydrogen-bond acceptors (Lipinski definition) is 4. The SMILES string of the molecule is CC1(C)OB(c2cc(-c3ccc4oc5ccccc5c4c3)cc(-c3ccc4oc5ccccc5c4c3)c2)OC1(C)C. The summed E-state index contributed by atoms with van der Waals surface area (Å²) >= 11 is 0. The van der Waals surface area contributed by atoms with Gasteiger partial charge in [-0.15, -0.1) is 0 Å². The van der Waals surface area contributed by atoms with Gasteiger partial charge in [0.2, 0.25) is 0 Å². The molecular formula is C36H29BO4. The highest BCUT2D eigenvalue weighted by Gasteiger charge is 2.51. The fraction of sp³-hybridized carbons (Fsp3) is 0.167. The van der Waals surface area contributed by atoms with Crippen molar-refractivity contribution < 1.29 is 18.1 Å². The third-order valence-corrected chi connectivity index (χ3v) is 8.90. The van der Waals surface area contributed by atoms with Gasteiger partial charge in [-0.05, 0) is 97.9 Å². The molecule has 3 heterocycles. The van der Waals surface area contributed by atoms with E-state index in [2.05, 4.69) is 107 Å². The Morgan fingerprint density at radius 2 is 0.878 bits per heavy atom. The first-order valence-corrected chi connectivity index (χ1v) is 14.1. The van der Waals surface area contributed by atoms with Gasteiger partial charge in [-0.1, -0.05) is 60.7 Å². The van der Waals surface area contributed by atoms with Crippen LogP contribution in [0.15, 0.2) is 112 Å². The van der Waals surface area contributed by atoms with E-state index >= 15 is 0 Å². The molecule has 4 nitrogen and oxygen atoms in total. The zero-order chi connectivity index (χ0) is 27.9. The minimum absolute atomic E-state index is 0.433. The molecule has 0 atom stereocenters. The first-order chi connectivity index (χ1) is 19.8.